The summed E-state index contributed by atoms with van der Waals surface area (Å²) in [5.74, 6) is 0. The molecule has 1 rings (SSSR count). The standard InChI is InChI=1S/C14H23NS/c1-3-5-6-7-14(15-9-4-2)11-13-8-10-16-12-13/h3,8,10,12,14-15H,1,4-7,9,11H2,2H3. The van der Waals surface area contributed by atoms with Gasteiger partial charge in [0.1, 0.15) is 0 Å². The smallest absolute Gasteiger partial charge is 0.0108 e. The summed E-state index contributed by atoms with van der Waals surface area (Å²) in [6.07, 6.45) is 8.02. The van der Waals surface area contributed by atoms with Crippen LogP contribution in [0.15, 0.2) is 29.5 Å². The van der Waals surface area contributed by atoms with Gasteiger partial charge in [0.05, 0.1) is 0 Å². The quantitative estimate of drug-likeness (QED) is 0.505. The van der Waals surface area contributed by atoms with Crippen molar-refractivity contribution in [2.75, 3.05) is 6.54 Å². The van der Waals surface area contributed by atoms with E-state index in [4.69, 9.17) is 0 Å². The molecule has 1 aromatic rings. The summed E-state index contributed by atoms with van der Waals surface area (Å²) in [4.78, 5) is 0. The van der Waals surface area contributed by atoms with Crippen LogP contribution in [0.1, 0.15) is 38.2 Å². The molecule has 1 unspecified atom stereocenters. The predicted octanol–water partition coefficient (Wildman–Crippen LogP) is 4.02. The maximum atomic E-state index is 3.78. The zero-order valence-corrected chi connectivity index (χ0v) is 11.1. The molecule has 1 heterocycles. The van der Waals surface area contributed by atoms with E-state index in [1.165, 1.54) is 31.2 Å². The number of hydrogen-bond donors (Lipinski definition) is 1. The van der Waals surface area contributed by atoms with E-state index >= 15 is 0 Å². The molecular formula is C14H23NS. The molecule has 0 radical (unpaired) electrons. The molecule has 2 heteroatoms. The number of unbranched alkanes of at least 4 members (excludes halogenated alkanes) is 1. The Morgan fingerprint density at radius 1 is 1.56 bits per heavy atom. The zero-order valence-electron chi connectivity index (χ0n) is 10.2. The summed E-state index contributed by atoms with van der Waals surface area (Å²) in [6.45, 7) is 7.13. The third kappa shape index (κ3) is 5.47. The van der Waals surface area contributed by atoms with Crippen molar-refractivity contribution in [3.63, 3.8) is 0 Å². The van der Waals surface area contributed by atoms with Gasteiger partial charge in [-0.2, -0.15) is 11.3 Å². The average Bonchev–Trinajstić information content (AvgIpc) is 2.78. The van der Waals surface area contributed by atoms with Crippen molar-refractivity contribution < 1.29 is 0 Å². The van der Waals surface area contributed by atoms with Crippen molar-refractivity contribution in [2.45, 2.75) is 45.1 Å². The minimum absolute atomic E-state index is 0.634. The van der Waals surface area contributed by atoms with E-state index in [0.717, 1.165) is 13.0 Å². The molecule has 0 fully saturated rings. The Morgan fingerprint density at radius 3 is 3.06 bits per heavy atom. The van der Waals surface area contributed by atoms with Crippen LogP contribution in [-0.4, -0.2) is 12.6 Å². The fraction of sp³-hybridized carbons (Fsp3) is 0.571. The number of allylic oxidation sites excluding steroid dienone is 1. The summed E-state index contributed by atoms with van der Waals surface area (Å²) in [7, 11) is 0. The maximum Gasteiger partial charge on any atom is 0.0108 e. The van der Waals surface area contributed by atoms with Crippen molar-refractivity contribution in [3.05, 3.63) is 35.0 Å². The van der Waals surface area contributed by atoms with Gasteiger partial charge in [0.2, 0.25) is 0 Å². The highest BCUT2D eigenvalue weighted by Crippen LogP contribution is 2.12. The second-order valence-corrected chi connectivity index (χ2v) is 4.99. The van der Waals surface area contributed by atoms with Crippen LogP contribution in [0.2, 0.25) is 0 Å². The summed E-state index contributed by atoms with van der Waals surface area (Å²) >= 11 is 1.79. The van der Waals surface area contributed by atoms with Gasteiger partial charge >= 0.3 is 0 Å². The fourth-order valence-electron chi connectivity index (χ4n) is 1.83. The topological polar surface area (TPSA) is 12.0 Å². The molecule has 1 nitrogen and oxygen atoms in total. The molecule has 0 saturated carbocycles. The van der Waals surface area contributed by atoms with E-state index in [1.807, 2.05) is 6.08 Å². The lowest BCUT2D eigenvalue weighted by molar-refractivity contribution is 0.466. The first-order chi connectivity index (χ1) is 7.86. The molecule has 0 aliphatic heterocycles. The Balaban J connectivity index is 2.33. The lowest BCUT2D eigenvalue weighted by Gasteiger charge is -2.17. The van der Waals surface area contributed by atoms with Gasteiger partial charge in [-0.05, 0) is 61.0 Å². The molecule has 0 saturated heterocycles. The van der Waals surface area contributed by atoms with Crippen LogP contribution < -0.4 is 5.32 Å². The van der Waals surface area contributed by atoms with Gasteiger partial charge in [-0.15, -0.1) is 6.58 Å². The van der Waals surface area contributed by atoms with Crippen molar-refractivity contribution in [2.24, 2.45) is 0 Å². The summed E-state index contributed by atoms with van der Waals surface area (Å²) in [6, 6.07) is 2.87. The van der Waals surface area contributed by atoms with Gasteiger partial charge in [0, 0.05) is 6.04 Å². The van der Waals surface area contributed by atoms with Gasteiger partial charge in [-0.3, -0.25) is 0 Å². The second kappa shape index (κ2) is 8.54. The van der Waals surface area contributed by atoms with Gasteiger partial charge in [-0.25, -0.2) is 0 Å². The molecule has 0 spiro atoms. The van der Waals surface area contributed by atoms with Crippen LogP contribution >= 0.6 is 11.3 Å². The predicted molar refractivity (Wildman–Crippen MR) is 74.2 cm³/mol. The maximum absolute atomic E-state index is 3.78. The van der Waals surface area contributed by atoms with Gasteiger partial charge in [0.25, 0.3) is 0 Å². The van der Waals surface area contributed by atoms with E-state index in [1.54, 1.807) is 11.3 Å². The molecular weight excluding hydrogens is 214 g/mol. The highest BCUT2D eigenvalue weighted by atomic mass is 32.1. The van der Waals surface area contributed by atoms with Crippen molar-refractivity contribution in [1.29, 1.82) is 0 Å². The summed E-state index contributed by atoms with van der Waals surface area (Å²) < 4.78 is 0. The molecule has 1 N–H and O–H groups in total. The molecule has 16 heavy (non-hydrogen) atoms. The minimum Gasteiger partial charge on any atom is -0.314 e. The average molecular weight is 237 g/mol. The van der Waals surface area contributed by atoms with Crippen LogP contribution in [0.4, 0.5) is 0 Å². The van der Waals surface area contributed by atoms with Gasteiger partial charge in [0.15, 0.2) is 0 Å². The number of nitrogens with one attached hydrogen (secondary N) is 1. The third-order valence-electron chi connectivity index (χ3n) is 2.71. The molecule has 0 aliphatic carbocycles. The van der Waals surface area contributed by atoms with Gasteiger partial charge in [-0.1, -0.05) is 13.0 Å². The fourth-order valence-corrected chi connectivity index (χ4v) is 2.51. The van der Waals surface area contributed by atoms with Crippen LogP contribution in [0, 0.1) is 0 Å². The monoisotopic (exact) mass is 237 g/mol. The van der Waals surface area contributed by atoms with E-state index in [9.17, 15) is 0 Å². The zero-order chi connectivity index (χ0) is 11.6. The minimum atomic E-state index is 0.634. The molecule has 90 valence electrons. The van der Waals surface area contributed by atoms with Crippen molar-refractivity contribution in [1.82, 2.24) is 5.32 Å². The molecule has 1 atom stereocenters. The Kier molecular flexibility index (Phi) is 7.19. The highest BCUT2D eigenvalue weighted by Gasteiger charge is 2.08. The molecule has 0 aromatic carbocycles. The largest absolute Gasteiger partial charge is 0.314 e. The first-order valence-electron chi connectivity index (χ1n) is 6.22. The Morgan fingerprint density at radius 2 is 2.44 bits per heavy atom. The molecule has 0 bridgehead atoms. The van der Waals surface area contributed by atoms with Crippen LogP contribution in [-0.2, 0) is 6.42 Å². The molecule has 1 aromatic heterocycles. The molecule has 0 aliphatic rings. The van der Waals surface area contributed by atoms with Crippen molar-refractivity contribution in [3.8, 4) is 0 Å². The number of thiophene rings is 1. The summed E-state index contributed by atoms with van der Waals surface area (Å²) in [5.41, 5.74) is 1.47. The molecule has 0 amide bonds. The SMILES string of the molecule is C=CCCCC(Cc1ccsc1)NCCC. The van der Waals surface area contributed by atoms with Crippen molar-refractivity contribution >= 4 is 11.3 Å². The number of rotatable bonds is 9. The number of hydrogen-bond acceptors (Lipinski definition) is 2. The van der Waals surface area contributed by atoms with Crippen LogP contribution in [0.25, 0.3) is 0 Å². The first-order valence-corrected chi connectivity index (χ1v) is 7.16. The van der Waals surface area contributed by atoms with E-state index in [-0.39, 0.29) is 0 Å². The lowest BCUT2D eigenvalue weighted by atomic mass is 10.0. The van der Waals surface area contributed by atoms with Crippen LogP contribution in [0.5, 0.6) is 0 Å². The van der Waals surface area contributed by atoms with E-state index < -0.39 is 0 Å². The van der Waals surface area contributed by atoms with E-state index in [0.29, 0.717) is 6.04 Å². The second-order valence-electron chi connectivity index (χ2n) is 4.21. The highest BCUT2D eigenvalue weighted by molar-refractivity contribution is 7.07. The normalized spacial score (nSPS) is 12.6. The third-order valence-corrected chi connectivity index (χ3v) is 3.44. The Hall–Kier alpha value is -0.600. The van der Waals surface area contributed by atoms with Gasteiger partial charge < -0.3 is 5.32 Å². The van der Waals surface area contributed by atoms with Crippen LogP contribution in [0.3, 0.4) is 0 Å². The summed E-state index contributed by atoms with van der Waals surface area (Å²) in [5, 5.41) is 8.06. The Labute approximate surface area is 104 Å². The van der Waals surface area contributed by atoms with E-state index in [2.05, 4.69) is 35.6 Å². The first kappa shape index (κ1) is 13.5. The Bertz CT molecular complexity index is 266. The lowest BCUT2D eigenvalue weighted by Crippen LogP contribution is -2.31.